The number of rotatable bonds is 3. The van der Waals surface area contributed by atoms with Crippen molar-refractivity contribution in [3.05, 3.63) is 30.1 Å². The van der Waals surface area contributed by atoms with Crippen LogP contribution in [0.4, 0.5) is 10.1 Å². The molecule has 92 valence electrons. The molecule has 1 aliphatic rings. The first-order chi connectivity index (χ1) is 8.24. The highest BCUT2D eigenvalue weighted by Gasteiger charge is 2.13. The van der Waals surface area contributed by atoms with Gasteiger partial charge in [-0.05, 0) is 50.2 Å². The maximum atomic E-state index is 12.7. The minimum atomic E-state index is -0.293. The third-order valence-electron chi connectivity index (χ3n) is 2.94. The summed E-state index contributed by atoms with van der Waals surface area (Å²) in [5.74, 6) is -0.322. The summed E-state index contributed by atoms with van der Waals surface area (Å²) in [7, 11) is 0. The van der Waals surface area contributed by atoms with Gasteiger partial charge in [0.15, 0.2) is 0 Å². The quantitative estimate of drug-likeness (QED) is 0.873. The topological polar surface area (TPSA) is 32.3 Å². The fourth-order valence-corrected chi connectivity index (χ4v) is 2.05. The summed E-state index contributed by atoms with van der Waals surface area (Å²) >= 11 is 0. The Morgan fingerprint density at radius 2 is 1.82 bits per heavy atom. The molecule has 1 saturated heterocycles. The molecule has 1 fully saturated rings. The molecule has 1 N–H and O–H groups in total. The van der Waals surface area contributed by atoms with Gasteiger partial charge in [0.2, 0.25) is 5.91 Å². The van der Waals surface area contributed by atoms with Crippen LogP contribution in [-0.4, -0.2) is 30.4 Å². The lowest BCUT2D eigenvalue weighted by Gasteiger charge is -2.25. The lowest BCUT2D eigenvalue weighted by atomic mass is 10.1. The van der Waals surface area contributed by atoms with Crippen LogP contribution >= 0.6 is 0 Å². The molecule has 1 heterocycles. The molecule has 1 aromatic rings. The van der Waals surface area contributed by atoms with Gasteiger partial charge in [0.1, 0.15) is 5.82 Å². The van der Waals surface area contributed by atoms with Crippen molar-refractivity contribution in [2.75, 3.05) is 25.0 Å². The van der Waals surface area contributed by atoms with Crippen LogP contribution in [0.15, 0.2) is 24.3 Å². The molecule has 4 heteroatoms. The number of nitrogens with zero attached hydrogens (tertiary/aromatic N) is 1. The molecular weight excluding hydrogens is 219 g/mol. The van der Waals surface area contributed by atoms with E-state index in [4.69, 9.17) is 0 Å². The number of hydrogen-bond acceptors (Lipinski definition) is 2. The van der Waals surface area contributed by atoms with Crippen LogP contribution < -0.4 is 5.32 Å². The van der Waals surface area contributed by atoms with Crippen molar-refractivity contribution in [2.45, 2.75) is 19.3 Å². The van der Waals surface area contributed by atoms with E-state index in [9.17, 15) is 9.18 Å². The molecule has 1 aliphatic heterocycles. The average Bonchev–Trinajstić information content (AvgIpc) is 2.33. The Morgan fingerprint density at radius 1 is 1.18 bits per heavy atom. The maximum absolute atomic E-state index is 12.7. The molecular formula is C13H17FN2O. The summed E-state index contributed by atoms with van der Waals surface area (Å²) in [5, 5.41) is 2.77. The number of likely N-dealkylation sites (tertiary alicyclic amines) is 1. The van der Waals surface area contributed by atoms with Crippen LogP contribution in [0.3, 0.4) is 0 Å². The van der Waals surface area contributed by atoms with E-state index in [-0.39, 0.29) is 11.7 Å². The Bertz CT molecular complexity index is 372. The van der Waals surface area contributed by atoms with Crippen LogP contribution in [-0.2, 0) is 4.79 Å². The van der Waals surface area contributed by atoms with Crippen molar-refractivity contribution in [3.63, 3.8) is 0 Å². The van der Waals surface area contributed by atoms with E-state index >= 15 is 0 Å². The zero-order chi connectivity index (χ0) is 12.1. The van der Waals surface area contributed by atoms with Crippen LogP contribution in [0.2, 0.25) is 0 Å². The Kier molecular flexibility index (Phi) is 4.09. The van der Waals surface area contributed by atoms with Gasteiger partial charge in [-0.25, -0.2) is 4.39 Å². The monoisotopic (exact) mass is 236 g/mol. The van der Waals surface area contributed by atoms with Crippen LogP contribution in [0, 0.1) is 5.82 Å². The molecule has 0 bridgehead atoms. The van der Waals surface area contributed by atoms with E-state index in [0.29, 0.717) is 12.2 Å². The van der Waals surface area contributed by atoms with Crippen LogP contribution in [0.1, 0.15) is 19.3 Å². The molecule has 0 aliphatic carbocycles. The van der Waals surface area contributed by atoms with Crippen molar-refractivity contribution in [2.24, 2.45) is 0 Å². The van der Waals surface area contributed by atoms with E-state index < -0.39 is 0 Å². The summed E-state index contributed by atoms with van der Waals surface area (Å²) in [6.45, 7) is 2.42. The number of carbonyl (C=O) groups excluding carboxylic acids is 1. The Morgan fingerprint density at radius 3 is 2.47 bits per heavy atom. The first-order valence-electron chi connectivity index (χ1n) is 6.02. The van der Waals surface area contributed by atoms with Crippen LogP contribution in [0.25, 0.3) is 0 Å². The Labute approximate surface area is 101 Å². The van der Waals surface area contributed by atoms with Gasteiger partial charge in [-0.2, -0.15) is 0 Å². The second-order valence-electron chi connectivity index (χ2n) is 4.39. The molecule has 0 atom stereocenters. The van der Waals surface area contributed by atoms with Gasteiger partial charge in [-0.15, -0.1) is 0 Å². The van der Waals surface area contributed by atoms with E-state index in [1.165, 1.54) is 31.4 Å². The van der Waals surface area contributed by atoms with Crippen molar-refractivity contribution in [3.8, 4) is 0 Å². The lowest BCUT2D eigenvalue weighted by Crippen LogP contribution is -2.36. The zero-order valence-electron chi connectivity index (χ0n) is 9.79. The molecule has 0 spiro atoms. The van der Waals surface area contributed by atoms with Crippen molar-refractivity contribution in [1.29, 1.82) is 0 Å². The van der Waals surface area contributed by atoms with E-state index in [2.05, 4.69) is 10.2 Å². The van der Waals surface area contributed by atoms with E-state index in [1.54, 1.807) is 12.1 Å². The molecule has 0 aromatic heterocycles. The first kappa shape index (κ1) is 12.0. The minimum Gasteiger partial charge on any atom is -0.325 e. The van der Waals surface area contributed by atoms with Gasteiger partial charge in [-0.3, -0.25) is 9.69 Å². The highest BCUT2D eigenvalue weighted by molar-refractivity contribution is 5.92. The highest BCUT2D eigenvalue weighted by Crippen LogP contribution is 2.10. The van der Waals surface area contributed by atoms with Gasteiger partial charge < -0.3 is 5.32 Å². The largest absolute Gasteiger partial charge is 0.325 e. The molecule has 17 heavy (non-hydrogen) atoms. The number of amides is 1. The molecule has 1 amide bonds. The van der Waals surface area contributed by atoms with E-state index in [1.807, 2.05) is 0 Å². The number of nitrogens with one attached hydrogen (secondary N) is 1. The predicted molar refractivity (Wildman–Crippen MR) is 65.3 cm³/mol. The average molecular weight is 236 g/mol. The number of piperidine rings is 1. The maximum Gasteiger partial charge on any atom is 0.238 e. The smallest absolute Gasteiger partial charge is 0.238 e. The number of carbonyl (C=O) groups is 1. The number of anilines is 1. The fourth-order valence-electron chi connectivity index (χ4n) is 2.05. The summed E-state index contributed by atoms with van der Waals surface area (Å²) < 4.78 is 12.7. The molecule has 3 nitrogen and oxygen atoms in total. The van der Waals surface area contributed by atoms with Gasteiger partial charge in [0.05, 0.1) is 6.54 Å². The van der Waals surface area contributed by atoms with Crippen molar-refractivity contribution >= 4 is 11.6 Å². The fraction of sp³-hybridized carbons (Fsp3) is 0.462. The number of halogens is 1. The van der Waals surface area contributed by atoms with Crippen LogP contribution in [0.5, 0.6) is 0 Å². The standard InChI is InChI=1S/C13H17FN2O/c14-11-4-6-12(7-5-11)15-13(17)10-16-8-2-1-3-9-16/h4-7H,1-3,8-10H2,(H,15,17). The van der Waals surface area contributed by atoms with Gasteiger partial charge >= 0.3 is 0 Å². The molecule has 0 saturated carbocycles. The van der Waals surface area contributed by atoms with Crippen molar-refractivity contribution in [1.82, 2.24) is 4.90 Å². The third-order valence-corrected chi connectivity index (χ3v) is 2.94. The minimum absolute atomic E-state index is 0.0292. The summed E-state index contributed by atoms with van der Waals surface area (Å²) in [5.41, 5.74) is 0.647. The lowest BCUT2D eigenvalue weighted by molar-refractivity contribution is -0.117. The first-order valence-corrected chi connectivity index (χ1v) is 6.02. The SMILES string of the molecule is O=C(CN1CCCCC1)Nc1ccc(F)cc1. The number of hydrogen-bond donors (Lipinski definition) is 1. The van der Waals surface area contributed by atoms with E-state index in [0.717, 1.165) is 13.1 Å². The highest BCUT2D eigenvalue weighted by atomic mass is 19.1. The molecule has 0 unspecified atom stereocenters. The zero-order valence-corrected chi connectivity index (χ0v) is 9.79. The molecule has 0 radical (unpaired) electrons. The van der Waals surface area contributed by atoms with Crippen molar-refractivity contribution < 1.29 is 9.18 Å². The Balaban J connectivity index is 1.82. The van der Waals surface area contributed by atoms with Gasteiger partial charge in [-0.1, -0.05) is 6.42 Å². The van der Waals surface area contributed by atoms with Gasteiger partial charge in [0, 0.05) is 5.69 Å². The Hall–Kier alpha value is -1.42. The number of benzene rings is 1. The third kappa shape index (κ3) is 3.82. The summed E-state index contributed by atoms with van der Waals surface area (Å²) in [6, 6.07) is 5.83. The summed E-state index contributed by atoms with van der Waals surface area (Å²) in [6.07, 6.45) is 3.60. The predicted octanol–water partition coefficient (Wildman–Crippen LogP) is 2.25. The second-order valence-corrected chi connectivity index (χ2v) is 4.39. The van der Waals surface area contributed by atoms with Gasteiger partial charge in [0.25, 0.3) is 0 Å². The molecule has 2 rings (SSSR count). The second kappa shape index (κ2) is 5.77. The normalized spacial score (nSPS) is 16.8. The molecule has 1 aromatic carbocycles. The summed E-state index contributed by atoms with van der Waals surface area (Å²) in [4.78, 5) is 13.9.